The van der Waals surface area contributed by atoms with Crippen LogP contribution < -0.4 is 5.73 Å². The lowest BCUT2D eigenvalue weighted by atomic mass is 10.1. The Morgan fingerprint density at radius 1 is 1.36 bits per heavy atom. The molecular formula is C9H17F3N2. The SMILES string of the molecule is CCN(CC(F)(F)F)C1CCCC1N. The minimum atomic E-state index is -4.11. The van der Waals surface area contributed by atoms with Crippen LogP contribution in [0, 0.1) is 0 Å². The summed E-state index contributed by atoms with van der Waals surface area (Å²) in [6.07, 6.45) is -1.53. The lowest BCUT2D eigenvalue weighted by Gasteiger charge is -2.31. The number of likely N-dealkylation sites (N-methyl/N-ethyl adjacent to an activating group) is 1. The van der Waals surface area contributed by atoms with Crippen LogP contribution in [0.2, 0.25) is 0 Å². The Morgan fingerprint density at radius 2 is 2.00 bits per heavy atom. The van der Waals surface area contributed by atoms with Crippen LogP contribution in [0.15, 0.2) is 0 Å². The predicted molar refractivity (Wildman–Crippen MR) is 48.9 cm³/mol. The van der Waals surface area contributed by atoms with Crippen LogP contribution in [0.3, 0.4) is 0 Å². The molecule has 0 radical (unpaired) electrons. The van der Waals surface area contributed by atoms with Crippen LogP contribution in [0.4, 0.5) is 13.2 Å². The average Bonchev–Trinajstić information content (AvgIpc) is 2.45. The number of hydrogen-bond acceptors (Lipinski definition) is 2. The third-order valence-corrected chi connectivity index (χ3v) is 2.79. The molecule has 0 aromatic carbocycles. The zero-order valence-corrected chi connectivity index (χ0v) is 8.35. The lowest BCUT2D eigenvalue weighted by molar-refractivity contribution is -0.150. The highest BCUT2D eigenvalue weighted by Crippen LogP contribution is 2.26. The smallest absolute Gasteiger partial charge is 0.326 e. The Hall–Kier alpha value is -0.290. The van der Waals surface area contributed by atoms with Crippen molar-refractivity contribution in [2.24, 2.45) is 5.73 Å². The standard InChI is InChI=1S/C9H17F3N2/c1-2-14(6-9(10,11)12)8-5-3-4-7(8)13/h7-8H,2-6,13H2,1H3. The molecule has 2 atom stereocenters. The number of halogens is 3. The van der Waals surface area contributed by atoms with Gasteiger partial charge in [-0.1, -0.05) is 13.3 Å². The van der Waals surface area contributed by atoms with Gasteiger partial charge in [-0.25, -0.2) is 0 Å². The van der Waals surface area contributed by atoms with E-state index < -0.39 is 12.7 Å². The van der Waals surface area contributed by atoms with Gasteiger partial charge in [0.05, 0.1) is 6.54 Å². The van der Waals surface area contributed by atoms with Crippen LogP contribution in [0.5, 0.6) is 0 Å². The highest BCUT2D eigenvalue weighted by Gasteiger charge is 2.36. The van der Waals surface area contributed by atoms with Gasteiger partial charge in [0.1, 0.15) is 0 Å². The molecule has 1 aliphatic carbocycles. The first-order valence-corrected chi connectivity index (χ1v) is 5.00. The van der Waals surface area contributed by atoms with Crippen LogP contribution in [0.1, 0.15) is 26.2 Å². The van der Waals surface area contributed by atoms with Crippen molar-refractivity contribution in [3.63, 3.8) is 0 Å². The molecule has 0 aromatic rings. The molecule has 0 bridgehead atoms. The Labute approximate surface area is 82.2 Å². The second-order valence-electron chi connectivity index (χ2n) is 3.84. The van der Waals surface area contributed by atoms with Crippen LogP contribution in [-0.2, 0) is 0 Å². The zero-order valence-electron chi connectivity index (χ0n) is 8.35. The summed E-state index contributed by atoms with van der Waals surface area (Å²) in [6.45, 7) is 1.33. The lowest BCUT2D eigenvalue weighted by Crippen LogP contribution is -2.48. The molecule has 2 nitrogen and oxygen atoms in total. The van der Waals surface area contributed by atoms with E-state index in [4.69, 9.17) is 5.73 Å². The van der Waals surface area contributed by atoms with E-state index in [9.17, 15) is 13.2 Å². The second-order valence-corrected chi connectivity index (χ2v) is 3.84. The summed E-state index contributed by atoms with van der Waals surface area (Å²) in [4.78, 5) is 1.44. The third kappa shape index (κ3) is 3.13. The Balaban J connectivity index is 2.53. The number of alkyl halides is 3. The molecule has 1 saturated carbocycles. The van der Waals surface area contributed by atoms with Crippen molar-refractivity contribution in [1.82, 2.24) is 4.90 Å². The molecule has 1 fully saturated rings. The molecule has 0 aromatic heterocycles. The highest BCUT2D eigenvalue weighted by molar-refractivity contribution is 4.88. The summed E-state index contributed by atoms with van der Waals surface area (Å²) in [5, 5.41) is 0. The second kappa shape index (κ2) is 4.49. The van der Waals surface area contributed by atoms with Gasteiger partial charge in [0.15, 0.2) is 0 Å². The molecule has 0 saturated heterocycles. The fourth-order valence-corrected chi connectivity index (χ4v) is 2.12. The molecule has 0 aliphatic heterocycles. The predicted octanol–water partition coefficient (Wildman–Crippen LogP) is 1.75. The van der Waals surface area contributed by atoms with Gasteiger partial charge in [-0.05, 0) is 19.4 Å². The van der Waals surface area contributed by atoms with Gasteiger partial charge < -0.3 is 5.73 Å². The van der Waals surface area contributed by atoms with Crippen molar-refractivity contribution >= 4 is 0 Å². The van der Waals surface area contributed by atoms with E-state index in [1.165, 1.54) is 4.90 Å². The van der Waals surface area contributed by atoms with Crippen molar-refractivity contribution in [1.29, 1.82) is 0 Å². The summed E-state index contributed by atoms with van der Waals surface area (Å²) in [7, 11) is 0. The van der Waals surface area contributed by atoms with E-state index in [1.807, 2.05) is 0 Å². The minimum Gasteiger partial charge on any atom is -0.326 e. The molecule has 1 rings (SSSR count). The average molecular weight is 210 g/mol. The fraction of sp³-hybridized carbons (Fsp3) is 1.00. The van der Waals surface area contributed by atoms with Crippen molar-refractivity contribution < 1.29 is 13.2 Å². The molecule has 0 heterocycles. The largest absolute Gasteiger partial charge is 0.401 e. The first-order valence-electron chi connectivity index (χ1n) is 5.00. The topological polar surface area (TPSA) is 29.3 Å². The summed E-state index contributed by atoms with van der Waals surface area (Å²) >= 11 is 0. The van der Waals surface area contributed by atoms with Crippen LogP contribution in [0.25, 0.3) is 0 Å². The van der Waals surface area contributed by atoms with Gasteiger partial charge in [-0.2, -0.15) is 13.2 Å². The minimum absolute atomic E-state index is 0.0818. The van der Waals surface area contributed by atoms with E-state index in [0.29, 0.717) is 6.54 Å². The molecule has 5 heteroatoms. The van der Waals surface area contributed by atoms with Crippen molar-refractivity contribution in [3.05, 3.63) is 0 Å². The van der Waals surface area contributed by atoms with E-state index in [2.05, 4.69) is 0 Å². The van der Waals surface area contributed by atoms with Crippen molar-refractivity contribution in [3.8, 4) is 0 Å². The summed E-state index contributed by atoms with van der Waals surface area (Å²) < 4.78 is 36.6. The maximum absolute atomic E-state index is 12.2. The molecular weight excluding hydrogens is 193 g/mol. The molecule has 84 valence electrons. The monoisotopic (exact) mass is 210 g/mol. The van der Waals surface area contributed by atoms with Crippen molar-refractivity contribution in [2.45, 2.75) is 44.4 Å². The number of rotatable bonds is 3. The summed E-state index contributed by atoms with van der Waals surface area (Å²) in [5.74, 6) is 0. The van der Waals surface area contributed by atoms with Gasteiger partial charge in [-0.3, -0.25) is 4.90 Å². The molecule has 14 heavy (non-hydrogen) atoms. The maximum atomic E-state index is 12.2. The summed E-state index contributed by atoms with van der Waals surface area (Å²) in [5.41, 5.74) is 5.77. The molecule has 1 aliphatic rings. The number of nitrogens with zero attached hydrogens (tertiary/aromatic N) is 1. The van der Waals surface area contributed by atoms with Gasteiger partial charge in [0.25, 0.3) is 0 Å². The van der Waals surface area contributed by atoms with E-state index >= 15 is 0 Å². The van der Waals surface area contributed by atoms with Gasteiger partial charge >= 0.3 is 6.18 Å². The first kappa shape index (κ1) is 11.8. The van der Waals surface area contributed by atoms with Gasteiger partial charge in [-0.15, -0.1) is 0 Å². The molecule has 0 spiro atoms. The normalized spacial score (nSPS) is 28.7. The first-order chi connectivity index (χ1) is 6.44. The Bertz CT molecular complexity index is 181. The molecule has 2 unspecified atom stereocenters. The summed E-state index contributed by atoms with van der Waals surface area (Å²) in [6, 6.07) is -0.168. The molecule has 0 amide bonds. The van der Waals surface area contributed by atoms with Crippen LogP contribution >= 0.6 is 0 Å². The van der Waals surface area contributed by atoms with E-state index in [1.54, 1.807) is 6.92 Å². The van der Waals surface area contributed by atoms with Crippen molar-refractivity contribution in [2.75, 3.05) is 13.1 Å². The van der Waals surface area contributed by atoms with E-state index in [0.717, 1.165) is 19.3 Å². The quantitative estimate of drug-likeness (QED) is 0.769. The third-order valence-electron chi connectivity index (χ3n) is 2.79. The number of hydrogen-bond donors (Lipinski definition) is 1. The highest BCUT2D eigenvalue weighted by atomic mass is 19.4. The van der Waals surface area contributed by atoms with Gasteiger partial charge in [0.2, 0.25) is 0 Å². The maximum Gasteiger partial charge on any atom is 0.401 e. The van der Waals surface area contributed by atoms with Gasteiger partial charge in [0, 0.05) is 12.1 Å². The Morgan fingerprint density at radius 3 is 2.36 bits per heavy atom. The van der Waals surface area contributed by atoms with E-state index in [-0.39, 0.29) is 12.1 Å². The van der Waals surface area contributed by atoms with Crippen LogP contribution in [-0.4, -0.2) is 36.2 Å². The molecule has 2 N–H and O–H groups in total. The number of nitrogens with two attached hydrogens (primary N) is 1. The fourth-order valence-electron chi connectivity index (χ4n) is 2.12. The Kier molecular flexibility index (Phi) is 3.78. The zero-order chi connectivity index (χ0) is 10.8.